The quantitative estimate of drug-likeness (QED) is 0.580. The number of anilines is 1. The zero-order chi connectivity index (χ0) is 18.3. The first kappa shape index (κ1) is 16.5. The van der Waals surface area contributed by atoms with E-state index in [9.17, 15) is 18.0 Å². The maximum atomic E-state index is 13.3. The highest BCUT2D eigenvalue weighted by atomic mass is 32.1. The number of halogens is 3. The molecule has 4 rings (SSSR count). The minimum atomic E-state index is -4.66. The molecule has 0 aliphatic rings. The van der Waals surface area contributed by atoms with Crippen molar-refractivity contribution in [1.82, 2.24) is 14.5 Å². The van der Waals surface area contributed by atoms with Crippen LogP contribution in [0.5, 0.6) is 0 Å². The third kappa shape index (κ3) is 3.01. The van der Waals surface area contributed by atoms with E-state index in [4.69, 9.17) is 0 Å². The predicted molar refractivity (Wildman–Crippen MR) is 93.0 cm³/mol. The number of aromatic nitrogens is 3. The molecule has 2 aromatic heterocycles. The third-order valence-electron chi connectivity index (χ3n) is 3.75. The number of hydrogen-bond donors (Lipinski definition) is 1. The molecule has 0 unspecified atom stereocenters. The van der Waals surface area contributed by atoms with Gasteiger partial charge in [0.05, 0.1) is 21.3 Å². The molecule has 1 N–H and O–H groups in total. The summed E-state index contributed by atoms with van der Waals surface area (Å²) in [5, 5.41) is 2.91. The smallest absolute Gasteiger partial charge is 0.311 e. The number of nitrogens with one attached hydrogen (secondary N) is 1. The van der Waals surface area contributed by atoms with Crippen LogP contribution in [0.2, 0.25) is 0 Å². The second kappa shape index (κ2) is 6.10. The van der Waals surface area contributed by atoms with E-state index in [2.05, 4.69) is 15.3 Å². The van der Waals surface area contributed by atoms with Crippen LogP contribution in [-0.4, -0.2) is 20.4 Å². The fourth-order valence-electron chi connectivity index (χ4n) is 2.68. The largest absolute Gasteiger partial charge is 0.449 e. The number of thiazole rings is 1. The van der Waals surface area contributed by atoms with Gasteiger partial charge in [0.2, 0.25) is 11.7 Å². The van der Waals surface area contributed by atoms with Crippen LogP contribution in [0.3, 0.4) is 0 Å². The van der Waals surface area contributed by atoms with Crippen LogP contribution in [-0.2, 0) is 17.5 Å². The van der Waals surface area contributed by atoms with Gasteiger partial charge in [0.15, 0.2) is 5.13 Å². The normalized spacial score (nSPS) is 12.0. The van der Waals surface area contributed by atoms with Gasteiger partial charge >= 0.3 is 6.18 Å². The molecule has 0 bridgehead atoms. The van der Waals surface area contributed by atoms with Gasteiger partial charge in [-0.15, -0.1) is 0 Å². The predicted octanol–water partition coefficient (Wildman–Crippen LogP) is 4.30. The van der Waals surface area contributed by atoms with Crippen molar-refractivity contribution in [3.05, 3.63) is 54.4 Å². The van der Waals surface area contributed by atoms with Gasteiger partial charge in [-0.25, -0.2) is 9.97 Å². The number of benzene rings is 2. The molecule has 0 radical (unpaired) electrons. The van der Waals surface area contributed by atoms with E-state index in [1.54, 1.807) is 18.2 Å². The van der Waals surface area contributed by atoms with E-state index in [-0.39, 0.29) is 11.0 Å². The fraction of sp³-hybridized carbons (Fsp3) is 0.118. The average molecular weight is 376 g/mol. The lowest BCUT2D eigenvalue weighted by Gasteiger charge is -2.10. The molecule has 132 valence electrons. The number of amides is 1. The third-order valence-corrected chi connectivity index (χ3v) is 4.70. The van der Waals surface area contributed by atoms with Crippen molar-refractivity contribution >= 4 is 43.6 Å². The molecule has 2 heterocycles. The Morgan fingerprint density at radius 2 is 1.73 bits per heavy atom. The zero-order valence-electron chi connectivity index (χ0n) is 13.1. The number of nitrogens with zero attached hydrogens (tertiary/aromatic N) is 3. The Hall–Kier alpha value is -2.94. The van der Waals surface area contributed by atoms with E-state index >= 15 is 0 Å². The highest BCUT2D eigenvalue weighted by Crippen LogP contribution is 2.31. The number of carbonyl (C=O) groups excluding carboxylic acids is 1. The summed E-state index contributed by atoms with van der Waals surface area (Å²) < 4.78 is 41.6. The SMILES string of the molecule is O=C(Cn1c(C(F)(F)F)nc2ccccc21)Nc1nc2ccccc2s1. The molecule has 26 heavy (non-hydrogen) atoms. The average Bonchev–Trinajstić information content (AvgIpc) is 3.15. The summed E-state index contributed by atoms with van der Waals surface area (Å²) in [7, 11) is 0. The molecule has 1 amide bonds. The van der Waals surface area contributed by atoms with E-state index in [0.29, 0.717) is 5.13 Å². The van der Waals surface area contributed by atoms with Gasteiger partial charge < -0.3 is 9.88 Å². The molecule has 5 nitrogen and oxygen atoms in total. The summed E-state index contributed by atoms with van der Waals surface area (Å²) in [6, 6.07) is 13.5. The fourth-order valence-corrected chi connectivity index (χ4v) is 3.56. The van der Waals surface area contributed by atoms with E-state index in [0.717, 1.165) is 14.8 Å². The maximum absolute atomic E-state index is 13.3. The second-order valence-electron chi connectivity index (χ2n) is 5.54. The summed E-state index contributed by atoms with van der Waals surface area (Å²) in [4.78, 5) is 20.2. The standard InChI is InChI=1S/C17H11F3N4OS/c18-17(19,20)15-21-10-5-1-3-7-12(10)24(15)9-14(25)23-16-22-11-6-2-4-8-13(11)26-16/h1-8H,9H2,(H,22,23,25). The minimum Gasteiger partial charge on any atom is -0.311 e. The van der Waals surface area contributed by atoms with Gasteiger partial charge in [-0.05, 0) is 24.3 Å². The molecule has 0 spiro atoms. The summed E-state index contributed by atoms with van der Waals surface area (Å²) in [5.74, 6) is -1.70. The van der Waals surface area contributed by atoms with E-state index in [1.165, 1.54) is 23.5 Å². The van der Waals surface area contributed by atoms with Crippen molar-refractivity contribution in [2.24, 2.45) is 0 Å². The minimum absolute atomic E-state index is 0.188. The number of hydrogen-bond acceptors (Lipinski definition) is 4. The molecule has 0 aliphatic heterocycles. The first-order chi connectivity index (χ1) is 12.4. The number of carbonyl (C=O) groups is 1. The molecule has 0 atom stereocenters. The Bertz CT molecular complexity index is 1080. The van der Waals surface area contributed by atoms with Crippen LogP contribution in [0.25, 0.3) is 21.3 Å². The van der Waals surface area contributed by atoms with Crippen molar-refractivity contribution < 1.29 is 18.0 Å². The Morgan fingerprint density at radius 3 is 2.46 bits per heavy atom. The molecule has 0 fully saturated rings. The van der Waals surface area contributed by atoms with Crippen LogP contribution in [0, 0.1) is 0 Å². The van der Waals surface area contributed by atoms with Gasteiger partial charge in [-0.1, -0.05) is 35.6 Å². The lowest BCUT2D eigenvalue weighted by molar-refractivity contribution is -0.147. The monoisotopic (exact) mass is 376 g/mol. The van der Waals surface area contributed by atoms with Crippen LogP contribution in [0.15, 0.2) is 48.5 Å². The summed E-state index contributed by atoms with van der Waals surface area (Å²) in [6.45, 7) is -0.509. The van der Waals surface area contributed by atoms with Crippen molar-refractivity contribution in [3.8, 4) is 0 Å². The Balaban J connectivity index is 1.64. The molecule has 0 saturated carbocycles. The van der Waals surface area contributed by atoms with Gasteiger partial charge in [0.25, 0.3) is 0 Å². The van der Waals surface area contributed by atoms with Crippen molar-refractivity contribution in [1.29, 1.82) is 0 Å². The summed E-state index contributed by atoms with van der Waals surface area (Å²) >= 11 is 1.26. The molecule has 0 saturated heterocycles. The second-order valence-corrected chi connectivity index (χ2v) is 6.57. The highest BCUT2D eigenvalue weighted by Gasteiger charge is 2.38. The van der Waals surface area contributed by atoms with Crippen LogP contribution in [0.1, 0.15) is 5.82 Å². The molecule has 0 aliphatic carbocycles. The van der Waals surface area contributed by atoms with Gasteiger partial charge in [0, 0.05) is 0 Å². The van der Waals surface area contributed by atoms with Gasteiger partial charge in [-0.3, -0.25) is 4.79 Å². The number of fused-ring (bicyclic) bond motifs is 2. The first-order valence-electron chi connectivity index (χ1n) is 7.60. The summed E-state index contributed by atoms with van der Waals surface area (Å²) in [5.41, 5.74) is 1.16. The summed E-state index contributed by atoms with van der Waals surface area (Å²) in [6.07, 6.45) is -4.66. The molecule has 4 aromatic rings. The van der Waals surface area contributed by atoms with Crippen molar-refractivity contribution in [2.45, 2.75) is 12.7 Å². The highest BCUT2D eigenvalue weighted by molar-refractivity contribution is 7.22. The van der Waals surface area contributed by atoms with Gasteiger partial charge in [-0.2, -0.15) is 13.2 Å². The van der Waals surface area contributed by atoms with Crippen LogP contribution >= 0.6 is 11.3 Å². The van der Waals surface area contributed by atoms with Crippen molar-refractivity contribution in [2.75, 3.05) is 5.32 Å². The molecular weight excluding hydrogens is 365 g/mol. The number of rotatable bonds is 3. The Labute approximate surface area is 149 Å². The number of alkyl halides is 3. The Kier molecular flexibility index (Phi) is 3.87. The lowest BCUT2D eigenvalue weighted by atomic mass is 10.3. The van der Waals surface area contributed by atoms with Crippen LogP contribution < -0.4 is 5.32 Å². The Morgan fingerprint density at radius 1 is 1.04 bits per heavy atom. The number of para-hydroxylation sites is 3. The maximum Gasteiger partial charge on any atom is 0.449 e. The molecule has 9 heteroatoms. The molecule has 2 aromatic carbocycles. The van der Waals surface area contributed by atoms with Gasteiger partial charge in [0.1, 0.15) is 6.54 Å². The topological polar surface area (TPSA) is 59.8 Å². The first-order valence-corrected chi connectivity index (χ1v) is 8.41. The van der Waals surface area contributed by atoms with E-state index in [1.807, 2.05) is 18.2 Å². The molecular formula is C17H11F3N4OS. The van der Waals surface area contributed by atoms with Crippen molar-refractivity contribution in [3.63, 3.8) is 0 Å². The zero-order valence-corrected chi connectivity index (χ0v) is 13.9. The van der Waals surface area contributed by atoms with E-state index < -0.39 is 24.5 Å². The van der Waals surface area contributed by atoms with Crippen LogP contribution in [0.4, 0.5) is 18.3 Å². The lowest BCUT2D eigenvalue weighted by Crippen LogP contribution is -2.23. The number of imidazole rings is 1.